The summed E-state index contributed by atoms with van der Waals surface area (Å²) in [4.78, 5) is 36.9. The molecule has 0 heterocycles. The molecule has 1 unspecified atom stereocenters. The first-order chi connectivity index (χ1) is 16.4. The minimum atomic E-state index is -3.96. The molecule has 1 aromatic rings. The number of hydrazone groups is 1. The van der Waals surface area contributed by atoms with E-state index in [9.17, 15) is 28.1 Å². The molecule has 36 heavy (non-hydrogen) atoms. The minimum absolute atomic E-state index is 0.0363. The number of nitro groups is 1. The van der Waals surface area contributed by atoms with E-state index < -0.39 is 50.9 Å². The lowest BCUT2D eigenvalue weighted by Crippen LogP contribution is -2.50. The number of amidine groups is 1. The van der Waals surface area contributed by atoms with E-state index in [1.165, 1.54) is 38.4 Å². The number of benzene rings is 1. The summed E-state index contributed by atoms with van der Waals surface area (Å²) in [5.74, 6) is -1.28. The zero-order chi connectivity index (χ0) is 27.8. The highest BCUT2D eigenvalue weighted by atomic mass is 32.2. The molecule has 0 bridgehead atoms. The first kappa shape index (κ1) is 30.5. The number of hydrogen-bond acceptors (Lipinski definition) is 9. The molecule has 16 heteroatoms. The Labute approximate surface area is 209 Å². The number of nitrogens with zero attached hydrogens (tertiary/aromatic N) is 4. The second-order valence-electron chi connectivity index (χ2n) is 8.94. The summed E-state index contributed by atoms with van der Waals surface area (Å²) in [5.41, 5.74) is 16.5. The molecule has 0 saturated carbocycles. The van der Waals surface area contributed by atoms with Gasteiger partial charge in [0.1, 0.15) is 17.4 Å². The zero-order valence-electron chi connectivity index (χ0n) is 20.8. The number of rotatable bonds is 12. The second-order valence-corrected chi connectivity index (χ2v) is 10.7. The van der Waals surface area contributed by atoms with Crippen LogP contribution in [0.3, 0.4) is 0 Å². The monoisotopic (exact) mass is 531 g/mol. The van der Waals surface area contributed by atoms with Gasteiger partial charge in [-0.1, -0.05) is 12.1 Å². The SMILES string of the molecule is CN(C)S(=O)(=O)Oc1ccc(CN(C(=O)OC(C)(C)C)[C@@H](CCC(N)C(N)=N[N+](=O)[O-])C(N)=O)cc1. The van der Waals surface area contributed by atoms with Crippen molar-refractivity contribution in [3.63, 3.8) is 0 Å². The Morgan fingerprint density at radius 2 is 1.69 bits per heavy atom. The van der Waals surface area contributed by atoms with Crippen molar-refractivity contribution < 1.29 is 32.0 Å². The van der Waals surface area contributed by atoms with E-state index in [1.54, 1.807) is 20.8 Å². The number of ether oxygens (including phenoxy) is 1. The van der Waals surface area contributed by atoms with Crippen molar-refractivity contribution in [1.29, 1.82) is 0 Å². The first-order valence-electron chi connectivity index (χ1n) is 10.7. The van der Waals surface area contributed by atoms with Gasteiger partial charge in [-0.2, -0.15) is 12.7 Å². The molecule has 6 N–H and O–H groups in total. The maximum Gasteiger partial charge on any atom is 0.411 e. The van der Waals surface area contributed by atoms with Crippen LogP contribution in [0.1, 0.15) is 39.2 Å². The maximum atomic E-state index is 13.0. The third kappa shape index (κ3) is 10.0. The molecule has 202 valence electrons. The Morgan fingerprint density at radius 1 is 1.14 bits per heavy atom. The first-order valence-corrected chi connectivity index (χ1v) is 12.0. The van der Waals surface area contributed by atoms with E-state index in [-0.39, 0.29) is 25.1 Å². The summed E-state index contributed by atoms with van der Waals surface area (Å²) < 4.78 is 35.1. The summed E-state index contributed by atoms with van der Waals surface area (Å²) in [6, 6.07) is 3.50. The van der Waals surface area contributed by atoms with Gasteiger partial charge in [-0.15, -0.1) is 0 Å². The van der Waals surface area contributed by atoms with E-state index in [0.717, 1.165) is 9.21 Å². The van der Waals surface area contributed by atoms with Crippen molar-refractivity contribution in [2.45, 2.75) is 57.8 Å². The molecule has 1 rings (SSSR count). The van der Waals surface area contributed by atoms with Crippen LogP contribution in [0.2, 0.25) is 0 Å². The van der Waals surface area contributed by atoms with E-state index in [2.05, 4.69) is 5.10 Å². The molecule has 0 aliphatic carbocycles. The third-order valence-electron chi connectivity index (χ3n) is 4.59. The molecule has 0 aliphatic heterocycles. The van der Waals surface area contributed by atoms with E-state index in [1.807, 2.05) is 0 Å². The normalized spacial score (nSPS) is 14.1. The Hall–Kier alpha value is -3.50. The molecule has 2 amide bonds. The predicted octanol–water partition coefficient (Wildman–Crippen LogP) is 0.119. The molecule has 0 aliphatic rings. The lowest BCUT2D eigenvalue weighted by Gasteiger charge is -2.32. The highest BCUT2D eigenvalue weighted by Gasteiger charge is 2.32. The summed E-state index contributed by atoms with van der Waals surface area (Å²) in [7, 11) is -1.33. The molecule has 0 aromatic heterocycles. The molecule has 2 atom stereocenters. The smallest absolute Gasteiger partial charge is 0.411 e. The van der Waals surface area contributed by atoms with Gasteiger partial charge in [-0.25, -0.2) is 14.9 Å². The fourth-order valence-electron chi connectivity index (χ4n) is 2.77. The Kier molecular flexibility index (Phi) is 10.6. The van der Waals surface area contributed by atoms with Crippen molar-refractivity contribution in [2.24, 2.45) is 22.3 Å². The largest absolute Gasteiger partial charge is 0.444 e. The predicted molar refractivity (Wildman–Crippen MR) is 130 cm³/mol. The van der Waals surface area contributed by atoms with Gasteiger partial charge in [0.05, 0.1) is 11.1 Å². The summed E-state index contributed by atoms with van der Waals surface area (Å²) >= 11 is 0. The van der Waals surface area contributed by atoms with Crippen LogP contribution in [0, 0.1) is 10.1 Å². The van der Waals surface area contributed by atoms with Gasteiger partial charge in [0.2, 0.25) is 5.91 Å². The van der Waals surface area contributed by atoms with Gasteiger partial charge in [0.15, 0.2) is 10.9 Å². The van der Waals surface area contributed by atoms with E-state index in [0.29, 0.717) is 5.56 Å². The number of hydrogen-bond donors (Lipinski definition) is 3. The van der Waals surface area contributed by atoms with E-state index in [4.69, 9.17) is 26.1 Å². The fourth-order valence-corrected chi connectivity index (χ4v) is 3.27. The van der Waals surface area contributed by atoms with Crippen LogP contribution in [-0.2, 0) is 26.4 Å². The van der Waals surface area contributed by atoms with Crippen LogP contribution in [0.15, 0.2) is 29.4 Å². The summed E-state index contributed by atoms with van der Waals surface area (Å²) in [6.45, 7) is 4.79. The van der Waals surface area contributed by atoms with Gasteiger partial charge in [0.25, 0.3) is 0 Å². The van der Waals surface area contributed by atoms with Crippen molar-refractivity contribution in [1.82, 2.24) is 9.21 Å². The van der Waals surface area contributed by atoms with Crippen LogP contribution >= 0.6 is 0 Å². The van der Waals surface area contributed by atoms with Gasteiger partial charge < -0.3 is 26.1 Å². The second kappa shape index (κ2) is 12.5. The Balaban J connectivity index is 3.19. The average Bonchev–Trinajstić information content (AvgIpc) is 2.71. The topological polar surface area (TPSA) is 227 Å². The van der Waals surface area contributed by atoms with Crippen molar-refractivity contribution >= 4 is 28.1 Å². The Bertz CT molecular complexity index is 1070. The molecule has 0 saturated heterocycles. The van der Waals surface area contributed by atoms with Crippen molar-refractivity contribution in [2.75, 3.05) is 14.1 Å². The van der Waals surface area contributed by atoms with Crippen molar-refractivity contribution in [3.05, 3.63) is 39.9 Å². The lowest BCUT2D eigenvalue weighted by molar-refractivity contribution is -0.485. The summed E-state index contributed by atoms with van der Waals surface area (Å²) in [5, 5.41) is 12.5. The number of carbonyl (C=O) groups is 2. The van der Waals surface area contributed by atoms with E-state index >= 15 is 0 Å². The standard InChI is InChI=1S/C20H33N7O8S/c1-20(2,3)34-19(29)26(16(18(23)28)11-10-15(21)17(22)24-27(30)31)12-13-6-8-14(9-7-13)35-36(32,33)25(4)5/h6-9,15-16H,10-12,21H2,1-5H3,(H2,22,24)(H2,23,28)/t15?,16-/m0/s1. The Morgan fingerprint density at radius 3 is 2.14 bits per heavy atom. The van der Waals surface area contributed by atoms with Crippen LogP contribution in [0.4, 0.5) is 4.79 Å². The van der Waals surface area contributed by atoms with Gasteiger partial charge in [-0.05, 0) is 51.3 Å². The molecule has 0 radical (unpaired) electrons. The third-order valence-corrected chi connectivity index (χ3v) is 5.88. The lowest BCUT2D eigenvalue weighted by atomic mass is 10.0. The number of primary amides is 1. The zero-order valence-corrected chi connectivity index (χ0v) is 21.6. The van der Waals surface area contributed by atoms with Crippen LogP contribution in [0.25, 0.3) is 0 Å². The van der Waals surface area contributed by atoms with Gasteiger partial charge in [0, 0.05) is 20.6 Å². The minimum Gasteiger partial charge on any atom is -0.444 e. The average molecular weight is 532 g/mol. The highest BCUT2D eigenvalue weighted by molar-refractivity contribution is 7.84. The quantitative estimate of drug-likeness (QED) is 0.143. The molecule has 15 nitrogen and oxygen atoms in total. The number of carbonyl (C=O) groups excluding carboxylic acids is 2. The molecule has 0 spiro atoms. The summed E-state index contributed by atoms with van der Waals surface area (Å²) in [6.07, 6.45) is -0.987. The fraction of sp³-hybridized carbons (Fsp3) is 0.550. The molecule has 0 fully saturated rings. The van der Waals surface area contributed by atoms with Crippen LogP contribution < -0.4 is 21.4 Å². The molecular weight excluding hydrogens is 498 g/mol. The van der Waals surface area contributed by atoms with Crippen LogP contribution in [-0.4, -0.2) is 72.3 Å². The highest BCUT2D eigenvalue weighted by Crippen LogP contribution is 2.21. The molecular formula is C20H33N7O8S. The van der Waals surface area contributed by atoms with Gasteiger partial charge >= 0.3 is 16.4 Å². The van der Waals surface area contributed by atoms with Crippen LogP contribution in [0.5, 0.6) is 5.75 Å². The number of amides is 2. The maximum absolute atomic E-state index is 13.0. The van der Waals surface area contributed by atoms with Crippen molar-refractivity contribution in [3.8, 4) is 5.75 Å². The number of nitrogens with two attached hydrogens (primary N) is 3. The molecule has 1 aromatic carbocycles. The van der Waals surface area contributed by atoms with Gasteiger partial charge in [-0.3, -0.25) is 9.69 Å².